The van der Waals surface area contributed by atoms with Crippen LogP contribution in [0.15, 0.2) is 53.2 Å². The van der Waals surface area contributed by atoms with E-state index in [9.17, 15) is 4.79 Å². The van der Waals surface area contributed by atoms with E-state index in [2.05, 4.69) is 33.0 Å². The topological polar surface area (TPSA) is 78.5 Å². The highest BCUT2D eigenvalue weighted by molar-refractivity contribution is 14.1. The number of rotatable bonds is 8. The van der Waals surface area contributed by atoms with Gasteiger partial charge in [-0.1, -0.05) is 0 Å². The molecule has 1 amide bonds. The molecule has 0 fully saturated rings. The Morgan fingerprint density at radius 2 is 2.08 bits per heavy atom. The van der Waals surface area contributed by atoms with E-state index >= 15 is 0 Å². The van der Waals surface area contributed by atoms with Crippen molar-refractivity contribution >= 4 is 34.2 Å². The van der Waals surface area contributed by atoms with Gasteiger partial charge in [0.05, 0.1) is 18.1 Å². The Kier molecular flexibility index (Phi) is 6.29. The summed E-state index contributed by atoms with van der Waals surface area (Å²) in [5.74, 6) is 1.18. The predicted octanol–water partition coefficient (Wildman–Crippen LogP) is 3.91. The molecule has 0 unspecified atom stereocenters. The van der Waals surface area contributed by atoms with Crippen molar-refractivity contribution in [2.75, 3.05) is 11.9 Å². The average Bonchev–Trinajstić information content (AvgIpc) is 3.29. The lowest BCUT2D eigenvalue weighted by Crippen LogP contribution is -2.10. The van der Waals surface area contributed by atoms with Crippen molar-refractivity contribution in [2.45, 2.75) is 20.3 Å². The first-order valence-corrected chi connectivity index (χ1v) is 9.10. The zero-order valence-corrected chi connectivity index (χ0v) is 16.3. The lowest BCUT2D eigenvalue weighted by Gasteiger charge is -2.04. The number of anilines is 1. The minimum atomic E-state index is -0.346. The van der Waals surface area contributed by atoms with Gasteiger partial charge in [-0.2, -0.15) is 5.10 Å². The second-order valence-electron chi connectivity index (χ2n) is 5.35. The van der Waals surface area contributed by atoms with Gasteiger partial charge in [-0.3, -0.25) is 4.79 Å². The number of hydrogen-bond donors (Lipinski definition) is 1. The molecule has 26 heavy (non-hydrogen) atoms. The summed E-state index contributed by atoms with van der Waals surface area (Å²) in [6.45, 7) is 3.09. The van der Waals surface area contributed by atoms with Crippen LogP contribution in [-0.2, 0) is 18.1 Å². The zero-order chi connectivity index (χ0) is 18.4. The van der Waals surface area contributed by atoms with E-state index in [-0.39, 0.29) is 18.3 Å². The summed E-state index contributed by atoms with van der Waals surface area (Å²) >= 11 is 2.23. The summed E-state index contributed by atoms with van der Waals surface area (Å²) in [6, 6.07) is 11.0. The fourth-order valence-corrected chi connectivity index (χ4v) is 2.50. The van der Waals surface area contributed by atoms with Crippen molar-refractivity contribution in [1.29, 1.82) is 0 Å². The van der Waals surface area contributed by atoms with Gasteiger partial charge < -0.3 is 19.2 Å². The molecule has 0 saturated heterocycles. The van der Waals surface area contributed by atoms with Gasteiger partial charge >= 0.3 is 0 Å². The molecule has 0 atom stereocenters. The minimum absolute atomic E-state index is 0.212. The van der Waals surface area contributed by atoms with E-state index in [0.29, 0.717) is 24.8 Å². The quantitative estimate of drug-likeness (QED) is 0.509. The smallest absolute Gasteiger partial charge is 0.291 e. The molecule has 2 heterocycles. The van der Waals surface area contributed by atoms with E-state index in [0.717, 1.165) is 9.32 Å². The summed E-state index contributed by atoms with van der Waals surface area (Å²) in [5.41, 5.74) is 0.572. The fourth-order valence-electron chi connectivity index (χ4n) is 2.14. The molecule has 0 spiro atoms. The Morgan fingerprint density at radius 1 is 1.27 bits per heavy atom. The maximum absolute atomic E-state index is 12.2. The number of halogens is 1. The molecule has 0 aliphatic rings. The van der Waals surface area contributed by atoms with Gasteiger partial charge in [0.1, 0.15) is 24.8 Å². The number of hydrogen-bond acceptors (Lipinski definition) is 5. The van der Waals surface area contributed by atoms with Gasteiger partial charge in [0, 0.05) is 10.2 Å². The minimum Gasteiger partial charge on any atom is -0.486 e. The zero-order valence-electron chi connectivity index (χ0n) is 14.1. The summed E-state index contributed by atoms with van der Waals surface area (Å²) in [6.07, 6.45) is 3.25. The Balaban J connectivity index is 1.54. The third-order valence-electron chi connectivity index (χ3n) is 3.40. The number of aromatic nitrogens is 2. The maximum Gasteiger partial charge on any atom is 0.291 e. The summed E-state index contributed by atoms with van der Waals surface area (Å²) < 4.78 is 19.2. The lowest BCUT2D eigenvalue weighted by atomic mass is 10.3. The van der Waals surface area contributed by atoms with Gasteiger partial charge in [-0.25, -0.2) is 4.68 Å². The molecule has 0 saturated carbocycles. The monoisotopic (exact) mass is 467 g/mol. The number of carbonyl (C=O) groups is 1. The molecule has 2 aromatic heterocycles. The number of furan rings is 1. The van der Waals surface area contributed by atoms with Gasteiger partial charge in [0.15, 0.2) is 5.76 Å². The van der Waals surface area contributed by atoms with Crippen LogP contribution in [0.3, 0.4) is 0 Å². The Morgan fingerprint density at radius 3 is 2.85 bits per heavy atom. The first kappa shape index (κ1) is 18.5. The predicted molar refractivity (Wildman–Crippen MR) is 104 cm³/mol. The molecule has 8 heteroatoms. The van der Waals surface area contributed by atoms with Crippen LogP contribution in [0.1, 0.15) is 23.2 Å². The first-order valence-electron chi connectivity index (χ1n) is 8.02. The number of carbonyl (C=O) groups excluding carboxylic acids is 1. The molecule has 3 rings (SSSR count). The molecule has 3 aromatic rings. The standard InChI is InChI=1S/C18H18IN3O4/c1-2-24-12-22-10-14(9-20-22)21-18(23)17-8-7-16(26-17)11-25-15-5-3-13(19)4-6-15/h3-10H,2,11-12H2,1H3,(H,21,23). The molecule has 1 N–H and O–H groups in total. The van der Waals surface area contributed by atoms with Crippen molar-refractivity contribution in [3.05, 3.63) is 63.9 Å². The van der Waals surface area contributed by atoms with E-state index < -0.39 is 0 Å². The highest BCUT2D eigenvalue weighted by atomic mass is 127. The molecule has 0 aliphatic heterocycles. The molecule has 0 radical (unpaired) electrons. The van der Waals surface area contributed by atoms with Crippen LogP contribution in [0, 0.1) is 3.57 Å². The SMILES string of the molecule is CCOCn1cc(NC(=O)c2ccc(COc3ccc(I)cc3)o2)cn1. The Labute approximate surface area is 164 Å². The number of ether oxygens (including phenoxy) is 2. The van der Waals surface area contributed by atoms with Gasteiger partial charge in [0.25, 0.3) is 5.91 Å². The van der Waals surface area contributed by atoms with E-state index in [1.807, 2.05) is 31.2 Å². The molecular formula is C18H18IN3O4. The average molecular weight is 467 g/mol. The Bertz CT molecular complexity index is 857. The van der Waals surface area contributed by atoms with Gasteiger partial charge in [-0.05, 0) is 65.9 Å². The van der Waals surface area contributed by atoms with Crippen molar-refractivity contribution in [3.63, 3.8) is 0 Å². The third kappa shape index (κ3) is 5.09. The number of amides is 1. The van der Waals surface area contributed by atoms with Crippen LogP contribution in [0.25, 0.3) is 0 Å². The highest BCUT2D eigenvalue weighted by Crippen LogP contribution is 2.17. The maximum atomic E-state index is 12.2. The second kappa shape index (κ2) is 8.86. The van der Waals surface area contributed by atoms with Crippen LogP contribution >= 0.6 is 22.6 Å². The largest absolute Gasteiger partial charge is 0.486 e. The summed E-state index contributed by atoms with van der Waals surface area (Å²) in [4.78, 5) is 12.2. The van der Waals surface area contributed by atoms with Gasteiger partial charge in [0.2, 0.25) is 0 Å². The molecular weight excluding hydrogens is 449 g/mol. The Hall–Kier alpha value is -2.33. The first-order chi connectivity index (χ1) is 12.6. The third-order valence-corrected chi connectivity index (χ3v) is 4.12. The number of nitrogens with zero attached hydrogens (tertiary/aromatic N) is 2. The second-order valence-corrected chi connectivity index (χ2v) is 6.60. The van der Waals surface area contributed by atoms with Crippen molar-refractivity contribution in [3.8, 4) is 5.75 Å². The van der Waals surface area contributed by atoms with Crippen molar-refractivity contribution in [1.82, 2.24) is 9.78 Å². The van der Waals surface area contributed by atoms with E-state index in [1.165, 1.54) is 0 Å². The number of nitrogens with one attached hydrogen (secondary N) is 1. The van der Waals surface area contributed by atoms with Crippen LogP contribution in [-0.4, -0.2) is 22.3 Å². The summed E-state index contributed by atoms with van der Waals surface area (Å²) in [5, 5.41) is 6.84. The van der Waals surface area contributed by atoms with Crippen LogP contribution in [0.4, 0.5) is 5.69 Å². The molecule has 7 nitrogen and oxygen atoms in total. The van der Waals surface area contributed by atoms with Crippen molar-refractivity contribution < 1.29 is 18.7 Å². The van der Waals surface area contributed by atoms with Crippen LogP contribution < -0.4 is 10.1 Å². The molecule has 0 bridgehead atoms. The summed E-state index contributed by atoms with van der Waals surface area (Å²) in [7, 11) is 0. The molecule has 136 valence electrons. The molecule has 1 aromatic carbocycles. The number of benzene rings is 1. The fraction of sp³-hybridized carbons (Fsp3) is 0.222. The lowest BCUT2D eigenvalue weighted by molar-refractivity contribution is 0.0792. The molecule has 0 aliphatic carbocycles. The van der Waals surface area contributed by atoms with Crippen LogP contribution in [0.2, 0.25) is 0 Å². The van der Waals surface area contributed by atoms with Crippen molar-refractivity contribution in [2.24, 2.45) is 0 Å². The van der Waals surface area contributed by atoms with Gasteiger partial charge in [-0.15, -0.1) is 0 Å². The van der Waals surface area contributed by atoms with E-state index in [4.69, 9.17) is 13.9 Å². The highest BCUT2D eigenvalue weighted by Gasteiger charge is 2.13. The van der Waals surface area contributed by atoms with Crippen LogP contribution in [0.5, 0.6) is 5.75 Å². The van der Waals surface area contributed by atoms with E-state index in [1.54, 1.807) is 29.2 Å². The normalized spacial score (nSPS) is 10.7.